The predicted molar refractivity (Wildman–Crippen MR) is 93.8 cm³/mol. The third-order valence-electron chi connectivity index (χ3n) is 3.17. The fourth-order valence-electron chi connectivity index (χ4n) is 2.14. The molecule has 120 valence electrons. The maximum Gasteiger partial charge on any atom is 0.331 e. The minimum absolute atomic E-state index is 0.318. The number of hydrogen-bond acceptors (Lipinski definition) is 3. The first-order valence-electron chi connectivity index (χ1n) is 7.78. The summed E-state index contributed by atoms with van der Waals surface area (Å²) in [6.07, 6.45) is 0. The quantitative estimate of drug-likeness (QED) is 0.625. The van der Waals surface area contributed by atoms with Crippen LogP contribution >= 0.6 is 0 Å². The average molecular weight is 309 g/mol. The third kappa shape index (κ3) is 5.06. The van der Waals surface area contributed by atoms with Crippen molar-refractivity contribution in [1.82, 2.24) is 0 Å². The molecular formula is C20H23NO2. The van der Waals surface area contributed by atoms with Crippen molar-refractivity contribution in [3.63, 3.8) is 0 Å². The molecule has 0 heterocycles. The van der Waals surface area contributed by atoms with Crippen LogP contribution in [0.5, 0.6) is 0 Å². The lowest BCUT2D eigenvalue weighted by molar-refractivity contribution is -0.155. The van der Waals surface area contributed by atoms with Crippen molar-refractivity contribution in [1.29, 1.82) is 0 Å². The van der Waals surface area contributed by atoms with Crippen LogP contribution in [0.3, 0.4) is 0 Å². The Bertz CT molecular complexity index is 628. The van der Waals surface area contributed by atoms with Gasteiger partial charge in [0.1, 0.15) is 11.6 Å². The zero-order chi connectivity index (χ0) is 16.9. The average Bonchev–Trinajstić information content (AvgIpc) is 2.52. The van der Waals surface area contributed by atoms with Crippen LogP contribution in [-0.2, 0) is 9.53 Å². The second-order valence-corrected chi connectivity index (χ2v) is 6.42. The SMILES string of the molecule is CC(N=C(c1ccccc1)c1ccccc1)C(=O)OC(C)(C)C. The van der Waals surface area contributed by atoms with E-state index in [-0.39, 0.29) is 5.97 Å². The van der Waals surface area contributed by atoms with Gasteiger partial charge in [0, 0.05) is 11.1 Å². The fourth-order valence-corrected chi connectivity index (χ4v) is 2.14. The molecule has 2 aromatic rings. The Morgan fingerprint density at radius 3 is 1.74 bits per heavy atom. The molecule has 1 atom stereocenters. The summed E-state index contributed by atoms with van der Waals surface area (Å²) in [5.41, 5.74) is 2.24. The highest BCUT2D eigenvalue weighted by Gasteiger charge is 2.22. The predicted octanol–water partition coefficient (Wildman–Crippen LogP) is 4.25. The number of benzene rings is 2. The molecule has 0 aliphatic carbocycles. The van der Waals surface area contributed by atoms with Crippen molar-refractivity contribution in [3.05, 3.63) is 71.8 Å². The van der Waals surface area contributed by atoms with Gasteiger partial charge in [-0.15, -0.1) is 0 Å². The van der Waals surface area contributed by atoms with Crippen LogP contribution in [-0.4, -0.2) is 23.3 Å². The smallest absolute Gasteiger partial charge is 0.331 e. The zero-order valence-corrected chi connectivity index (χ0v) is 14.1. The van der Waals surface area contributed by atoms with Crippen LogP contribution in [0.1, 0.15) is 38.8 Å². The van der Waals surface area contributed by atoms with Crippen molar-refractivity contribution in [2.75, 3.05) is 0 Å². The second-order valence-electron chi connectivity index (χ2n) is 6.42. The highest BCUT2D eigenvalue weighted by Crippen LogP contribution is 2.14. The molecule has 0 aliphatic heterocycles. The van der Waals surface area contributed by atoms with Gasteiger partial charge >= 0.3 is 5.97 Å². The summed E-state index contributed by atoms with van der Waals surface area (Å²) in [7, 11) is 0. The van der Waals surface area contributed by atoms with Gasteiger partial charge in [0.25, 0.3) is 0 Å². The van der Waals surface area contributed by atoms with Crippen LogP contribution in [0.25, 0.3) is 0 Å². The first-order chi connectivity index (χ1) is 10.9. The van der Waals surface area contributed by atoms with Crippen LogP contribution in [0.15, 0.2) is 65.7 Å². The highest BCUT2D eigenvalue weighted by molar-refractivity contribution is 6.13. The van der Waals surface area contributed by atoms with Gasteiger partial charge in [-0.3, -0.25) is 4.99 Å². The Morgan fingerprint density at radius 2 is 1.35 bits per heavy atom. The molecule has 2 rings (SSSR count). The van der Waals surface area contributed by atoms with Crippen molar-refractivity contribution in [2.24, 2.45) is 4.99 Å². The zero-order valence-electron chi connectivity index (χ0n) is 14.1. The Labute approximate surface area is 138 Å². The molecule has 2 aromatic carbocycles. The lowest BCUT2D eigenvalue weighted by atomic mass is 10.0. The van der Waals surface area contributed by atoms with Crippen LogP contribution in [0.2, 0.25) is 0 Å². The number of nitrogens with zero attached hydrogens (tertiary/aromatic N) is 1. The Kier molecular flexibility index (Phi) is 5.32. The number of rotatable bonds is 4. The molecule has 1 unspecified atom stereocenters. The number of hydrogen-bond donors (Lipinski definition) is 0. The fraction of sp³-hybridized carbons (Fsp3) is 0.300. The van der Waals surface area contributed by atoms with Gasteiger partial charge in [-0.1, -0.05) is 60.7 Å². The molecule has 0 amide bonds. The number of aliphatic imine (C=N–C) groups is 1. The van der Waals surface area contributed by atoms with Gasteiger partial charge in [-0.2, -0.15) is 0 Å². The Balaban J connectivity index is 2.36. The molecule has 0 fully saturated rings. The van der Waals surface area contributed by atoms with Gasteiger partial charge in [0.15, 0.2) is 0 Å². The summed E-state index contributed by atoms with van der Waals surface area (Å²) in [6, 6.07) is 19.2. The maximum absolute atomic E-state index is 12.2. The van der Waals surface area contributed by atoms with Gasteiger partial charge in [-0.25, -0.2) is 4.79 Å². The van der Waals surface area contributed by atoms with Crippen LogP contribution in [0.4, 0.5) is 0 Å². The highest BCUT2D eigenvalue weighted by atomic mass is 16.6. The van der Waals surface area contributed by atoms with Crippen LogP contribution in [0, 0.1) is 0 Å². The maximum atomic E-state index is 12.2. The lowest BCUT2D eigenvalue weighted by Gasteiger charge is -2.21. The number of ether oxygens (including phenoxy) is 1. The van der Waals surface area contributed by atoms with E-state index in [4.69, 9.17) is 4.74 Å². The molecule has 0 saturated carbocycles. The standard InChI is InChI=1S/C20H23NO2/c1-15(19(22)23-20(2,3)4)21-18(16-11-7-5-8-12-16)17-13-9-6-10-14-17/h5-15H,1-4H3. The first kappa shape index (κ1) is 16.9. The van der Waals surface area contributed by atoms with Crippen molar-refractivity contribution >= 4 is 11.7 Å². The molecule has 3 nitrogen and oxygen atoms in total. The largest absolute Gasteiger partial charge is 0.458 e. The monoisotopic (exact) mass is 309 g/mol. The van der Waals surface area contributed by atoms with E-state index in [1.165, 1.54) is 0 Å². The van der Waals surface area contributed by atoms with E-state index < -0.39 is 11.6 Å². The molecule has 0 aromatic heterocycles. The molecule has 0 saturated heterocycles. The minimum atomic E-state index is -0.565. The minimum Gasteiger partial charge on any atom is -0.458 e. The van der Waals surface area contributed by atoms with E-state index in [1.54, 1.807) is 6.92 Å². The molecule has 0 spiro atoms. The van der Waals surface area contributed by atoms with Gasteiger partial charge in [0.2, 0.25) is 0 Å². The molecule has 23 heavy (non-hydrogen) atoms. The van der Waals surface area contributed by atoms with Gasteiger partial charge < -0.3 is 4.74 Å². The van der Waals surface area contributed by atoms with Crippen molar-refractivity contribution in [3.8, 4) is 0 Å². The summed E-state index contributed by atoms with van der Waals surface area (Å²) in [6.45, 7) is 7.34. The molecule has 0 aliphatic rings. The second kappa shape index (κ2) is 7.23. The number of carbonyl (C=O) groups excluding carboxylic acids is 1. The van der Waals surface area contributed by atoms with E-state index in [9.17, 15) is 4.79 Å². The van der Waals surface area contributed by atoms with Gasteiger partial charge in [0.05, 0.1) is 5.71 Å². The van der Waals surface area contributed by atoms with E-state index in [2.05, 4.69) is 4.99 Å². The van der Waals surface area contributed by atoms with E-state index in [0.29, 0.717) is 0 Å². The Morgan fingerprint density at radius 1 is 0.913 bits per heavy atom. The molecule has 0 bridgehead atoms. The first-order valence-corrected chi connectivity index (χ1v) is 7.78. The number of esters is 1. The third-order valence-corrected chi connectivity index (χ3v) is 3.17. The molecular weight excluding hydrogens is 286 g/mol. The molecule has 3 heteroatoms. The van der Waals surface area contributed by atoms with Crippen molar-refractivity contribution in [2.45, 2.75) is 39.3 Å². The topological polar surface area (TPSA) is 38.7 Å². The van der Waals surface area contributed by atoms with E-state index in [1.807, 2.05) is 81.4 Å². The summed E-state index contributed by atoms with van der Waals surface area (Å²) in [5.74, 6) is -0.318. The van der Waals surface area contributed by atoms with E-state index >= 15 is 0 Å². The van der Waals surface area contributed by atoms with Crippen LogP contribution < -0.4 is 0 Å². The van der Waals surface area contributed by atoms with Gasteiger partial charge in [-0.05, 0) is 27.7 Å². The molecule has 0 N–H and O–H groups in total. The molecule has 0 radical (unpaired) electrons. The lowest BCUT2D eigenvalue weighted by Crippen LogP contribution is -2.30. The van der Waals surface area contributed by atoms with Crippen molar-refractivity contribution < 1.29 is 9.53 Å². The summed E-state index contributed by atoms with van der Waals surface area (Å²) in [4.78, 5) is 16.9. The number of carbonyl (C=O) groups is 1. The van der Waals surface area contributed by atoms with E-state index in [0.717, 1.165) is 16.8 Å². The summed E-state index contributed by atoms with van der Waals surface area (Å²) < 4.78 is 5.43. The Hall–Kier alpha value is -2.42. The normalized spacial score (nSPS) is 12.3. The summed E-state index contributed by atoms with van der Waals surface area (Å²) >= 11 is 0. The summed E-state index contributed by atoms with van der Waals surface area (Å²) in [5, 5.41) is 0.